The Hall–Kier alpha value is -3.40. The Labute approximate surface area is 182 Å². The zero-order valence-corrected chi connectivity index (χ0v) is 17.7. The van der Waals surface area contributed by atoms with E-state index in [0.717, 1.165) is 17.5 Å². The average Bonchev–Trinajstić information content (AvgIpc) is 3.32. The molecule has 0 saturated heterocycles. The van der Waals surface area contributed by atoms with Crippen LogP contribution < -0.4 is 9.47 Å². The zero-order chi connectivity index (χ0) is 21.6. The van der Waals surface area contributed by atoms with Crippen molar-refractivity contribution >= 4 is 11.9 Å². The van der Waals surface area contributed by atoms with E-state index in [-0.39, 0.29) is 0 Å². The number of ether oxygens (including phenoxy) is 2. The molecule has 4 nitrogen and oxygen atoms in total. The van der Waals surface area contributed by atoms with Crippen LogP contribution in [-0.4, -0.2) is 11.9 Å². The molecule has 1 saturated carbocycles. The van der Waals surface area contributed by atoms with Crippen molar-refractivity contribution in [3.63, 3.8) is 0 Å². The van der Waals surface area contributed by atoms with E-state index < -0.39 is 11.9 Å². The van der Waals surface area contributed by atoms with E-state index in [1.807, 2.05) is 31.2 Å². The molecule has 0 heterocycles. The van der Waals surface area contributed by atoms with Gasteiger partial charge in [0.25, 0.3) is 0 Å². The van der Waals surface area contributed by atoms with E-state index in [1.165, 1.54) is 25.7 Å². The van der Waals surface area contributed by atoms with Gasteiger partial charge < -0.3 is 9.47 Å². The number of hydrogen-bond donors (Lipinski definition) is 0. The van der Waals surface area contributed by atoms with Crippen LogP contribution >= 0.6 is 0 Å². The summed E-state index contributed by atoms with van der Waals surface area (Å²) in [4.78, 5) is 25.6. The molecule has 3 aromatic rings. The largest absolute Gasteiger partial charge is 0.419 e. The third-order valence-corrected chi connectivity index (χ3v) is 5.78. The first-order valence-corrected chi connectivity index (χ1v) is 10.8. The van der Waals surface area contributed by atoms with Crippen molar-refractivity contribution < 1.29 is 19.1 Å². The summed E-state index contributed by atoms with van der Waals surface area (Å²) in [5, 5.41) is 0. The molecule has 3 aromatic carbocycles. The van der Waals surface area contributed by atoms with Crippen LogP contribution in [0.4, 0.5) is 0 Å². The van der Waals surface area contributed by atoms with Gasteiger partial charge in [0.2, 0.25) is 0 Å². The molecule has 158 valence electrons. The number of carbonyl (C=O) groups is 2. The topological polar surface area (TPSA) is 52.6 Å². The number of aryl methyl sites for hydroxylation is 1. The van der Waals surface area contributed by atoms with Gasteiger partial charge in [0.15, 0.2) is 11.5 Å². The van der Waals surface area contributed by atoms with Crippen molar-refractivity contribution in [1.82, 2.24) is 0 Å². The summed E-state index contributed by atoms with van der Waals surface area (Å²) in [6.07, 6.45) is 5.59. The lowest BCUT2D eigenvalue weighted by molar-refractivity contribution is 0.0679. The Morgan fingerprint density at radius 1 is 0.742 bits per heavy atom. The van der Waals surface area contributed by atoms with E-state index in [0.29, 0.717) is 28.5 Å². The van der Waals surface area contributed by atoms with Crippen LogP contribution in [-0.2, 0) is 6.42 Å². The van der Waals surface area contributed by atoms with Crippen molar-refractivity contribution in [2.24, 2.45) is 5.92 Å². The molecule has 1 fully saturated rings. The van der Waals surface area contributed by atoms with Crippen molar-refractivity contribution in [2.75, 3.05) is 0 Å². The number of rotatable bonds is 6. The molecule has 0 radical (unpaired) electrons. The van der Waals surface area contributed by atoms with Crippen molar-refractivity contribution in [2.45, 2.75) is 39.0 Å². The van der Waals surface area contributed by atoms with Gasteiger partial charge in [-0.3, -0.25) is 0 Å². The lowest BCUT2D eigenvalue weighted by Gasteiger charge is -2.18. The minimum atomic E-state index is -0.473. The summed E-state index contributed by atoms with van der Waals surface area (Å²) in [5.41, 5.74) is 2.55. The van der Waals surface area contributed by atoms with E-state index in [4.69, 9.17) is 9.47 Å². The quantitative estimate of drug-likeness (QED) is 0.358. The van der Waals surface area contributed by atoms with Crippen LogP contribution in [0.5, 0.6) is 11.5 Å². The molecule has 0 aromatic heterocycles. The highest BCUT2D eigenvalue weighted by Gasteiger charge is 2.24. The van der Waals surface area contributed by atoms with E-state index in [2.05, 4.69) is 0 Å². The monoisotopic (exact) mass is 414 g/mol. The van der Waals surface area contributed by atoms with Gasteiger partial charge >= 0.3 is 11.9 Å². The first kappa shape index (κ1) is 20.9. The van der Waals surface area contributed by atoms with Gasteiger partial charge in [-0.1, -0.05) is 74.2 Å². The summed E-state index contributed by atoms with van der Waals surface area (Å²) >= 11 is 0. The van der Waals surface area contributed by atoms with Crippen molar-refractivity contribution in [3.8, 4) is 11.5 Å². The van der Waals surface area contributed by atoms with E-state index >= 15 is 0 Å². The number of hydrogen-bond acceptors (Lipinski definition) is 4. The van der Waals surface area contributed by atoms with Crippen molar-refractivity contribution in [3.05, 3.63) is 95.1 Å². The van der Waals surface area contributed by atoms with Crippen LogP contribution in [0.25, 0.3) is 0 Å². The molecule has 0 amide bonds. The third kappa shape index (κ3) is 5.02. The Balaban J connectivity index is 1.69. The van der Waals surface area contributed by atoms with Gasteiger partial charge in [-0.25, -0.2) is 9.59 Å². The van der Waals surface area contributed by atoms with Gasteiger partial charge in [0.05, 0.1) is 11.1 Å². The Bertz CT molecular complexity index is 1050. The minimum Gasteiger partial charge on any atom is -0.419 e. The molecular weight excluding hydrogens is 388 g/mol. The summed E-state index contributed by atoms with van der Waals surface area (Å²) in [6.45, 7) is 1.85. The normalized spacial score (nSPS) is 13.7. The second kappa shape index (κ2) is 9.61. The van der Waals surface area contributed by atoms with Crippen LogP contribution in [0.3, 0.4) is 0 Å². The fourth-order valence-electron chi connectivity index (χ4n) is 4.08. The molecule has 0 N–H and O–H groups in total. The maximum absolute atomic E-state index is 12.9. The molecule has 1 aliphatic rings. The first-order chi connectivity index (χ1) is 15.1. The van der Waals surface area contributed by atoms with Gasteiger partial charge in [-0.15, -0.1) is 0 Å². The van der Waals surface area contributed by atoms with Crippen LogP contribution in [0.15, 0.2) is 72.8 Å². The highest BCUT2D eigenvalue weighted by molar-refractivity contribution is 5.93. The lowest BCUT2D eigenvalue weighted by atomic mass is 9.96. The third-order valence-electron chi connectivity index (χ3n) is 5.78. The maximum Gasteiger partial charge on any atom is 0.343 e. The van der Waals surface area contributed by atoms with Gasteiger partial charge in [-0.2, -0.15) is 0 Å². The fraction of sp³-hybridized carbons (Fsp3) is 0.259. The second-order valence-electron chi connectivity index (χ2n) is 8.07. The highest BCUT2D eigenvalue weighted by Crippen LogP contribution is 2.39. The number of carbonyl (C=O) groups excluding carboxylic acids is 2. The first-order valence-electron chi connectivity index (χ1n) is 10.8. The molecule has 0 atom stereocenters. The molecule has 1 aliphatic carbocycles. The minimum absolute atomic E-state index is 0.314. The lowest BCUT2D eigenvalue weighted by Crippen LogP contribution is -2.15. The fourth-order valence-corrected chi connectivity index (χ4v) is 4.08. The molecule has 31 heavy (non-hydrogen) atoms. The van der Waals surface area contributed by atoms with E-state index in [9.17, 15) is 9.59 Å². The summed E-state index contributed by atoms with van der Waals surface area (Å²) in [6, 6.07) is 21.6. The SMILES string of the molecule is Cc1ccc(CC2CCCC2)c(OC(=O)c2ccccc2)c1OC(=O)c1ccccc1. The highest BCUT2D eigenvalue weighted by atomic mass is 16.6. The molecule has 0 aliphatic heterocycles. The van der Waals surface area contributed by atoms with Gasteiger partial charge in [-0.05, 0) is 54.7 Å². The summed E-state index contributed by atoms with van der Waals surface area (Å²) in [7, 11) is 0. The molecular formula is C27H26O4. The molecule has 0 bridgehead atoms. The Morgan fingerprint density at radius 2 is 1.26 bits per heavy atom. The maximum atomic E-state index is 12.9. The second-order valence-corrected chi connectivity index (χ2v) is 8.07. The molecule has 0 unspecified atom stereocenters. The molecule has 4 rings (SSSR count). The molecule has 4 heteroatoms. The smallest absolute Gasteiger partial charge is 0.343 e. The summed E-state index contributed by atoms with van der Waals surface area (Å²) in [5.74, 6) is 0.280. The Kier molecular flexibility index (Phi) is 6.46. The Morgan fingerprint density at radius 3 is 1.81 bits per heavy atom. The van der Waals surface area contributed by atoms with Crippen LogP contribution in [0.2, 0.25) is 0 Å². The van der Waals surface area contributed by atoms with E-state index in [1.54, 1.807) is 48.5 Å². The zero-order valence-electron chi connectivity index (χ0n) is 17.7. The standard InChI is InChI=1S/C27H26O4/c1-19-16-17-23(18-20-10-8-9-11-20)25(31-27(29)22-14-6-3-7-15-22)24(19)30-26(28)21-12-4-2-5-13-21/h2-7,12-17,20H,8-11,18H2,1H3. The van der Waals surface area contributed by atoms with Gasteiger partial charge in [0.1, 0.15) is 0 Å². The number of esters is 2. The van der Waals surface area contributed by atoms with Crippen LogP contribution in [0.1, 0.15) is 57.5 Å². The average molecular weight is 415 g/mol. The van der Waals surface area contributed by atoms with Crippen molar-refractivity contribution in [1.29, 1.82) is 0 Å². The number of benzene rings is 3. The predicted octanol–water partition coefficient (Wildman–Crippen LogP) is 6.17. The predicted molar refractivity (Wildman–Crippen MR) is 120 cm³/mol. The molecule has 0 spiro atoms. The van der Waals surface area contributed by atoms with Gasteiger partial charge in [0, 0.05) is 0 Å². The summed E-state index contributed by atoms with van der Waals surface area (Å²) < 4.78 is 11.7. The van der Waals surface area contributed by atoms with Crippen LogP contribution in [0, 0.1) is 12.8 Å².